The van der Waals surface area contributed by atoms with Crippen molar-refractivity contribution in [1.29, 1.82) is 5.26 Å². The van der Waals surface area contributed by atoms with Crippen LogP contribution in [-0.2, 0) is 10.2 Å². The fourth-order valence-electron chi connectivity index (χ4n) is 2.25. The number of carbonyl (C=O) groups excluding carboxylic acids is 2. The first-order chi connectivity index (χ1) is 11.4. The Labute approximate surface area is 139 Å². The van der Waals surface area contributed by atoms with Crippen LogP contribution in [0.15, 0.2) is 48.5 Å². The van der Waals surface area contributed by atoms with Gasteiger partial charge >= 0.3 is 0 Å². The van der Waals surface area contributed by atoms with Gasteiger partial charge in [-0.25, -0.2) is 0 Å². The van der Waals surface area contributed by atoms with Gasteiger partial charge in [-0.05, 0) is 30.7 Å². The Morgan fingerprint density at radius 2 is 1.88 bits per heavy atom. The number of anilines is 1. The maximum atomic E-state index is 12.6. The summed E-state index contributed by atoms with van der Waals surface area (Å²) in [6.45, 7) is 1.54. The van der Waals surface area contributed by atoms with Gasteiger partial charge < -0.3 is 15.8 Å². The summed E-state index contributed by atoms with van der Waals surface area (Å²) in [6.07, 6.45) is 0. The third kappa shape index (κ3) is 3.20. The smallest absolute Gasteiger partial charge is 0.252 e. The zero-order chi connectivity index (χ0) is 17.7. The van der Waals surface area contributed by atoms with Gasteiger partial charge in [0.05, 0.1) is 18.7 Å². The first-order valence-corrected chi connectivity index (χ1v) is 7.18. The number of nitrogens with zero attached hydrogens (tertiary/aromatic N) is 1. The molecule has 1 unspecified atom stereocenters. The number of methoxy groups -OCH3 is 1. The van der Waals surface area contributed by atoms with Crippen LogP contribution in [0.2, 0.25) is 0 Å². The average Bonchev–Trinajstić information content (AvgIpc) is 2.61. The van der Waals surface area contributed by atoms with Gasteiger partial charge in [-0.3, -0.25) is 9.59 Å². The van der Waals surface area contributed by atoms with E-state index in [0.717, 1.165) is 0 Å². The molecule has 0 spiro atoms. The Morgan fingerprint density at radius 1 is 1.21 bits per heavy atom. The highest BCUT2D eigenvalue weighted by Gasteiger charge is 2.35. The van der Waals surface area contributed by atoms with E-state index in [1.54, 1.807) is 30.3 Å². The van der Waals surface area contributed by atoms with Crippen LogP contribution in [0.5, 0.6) is 5.75 Å². The highest BCUT2D eigenvalue weighted by Crippen LogP contribution is 2.27. The molecule has 3 N–H and O–H groups in total. The molecule has 2 amide bonds. The van der Waals surface area contributed by atoms with E-state index in [1.807, 2.05) is 12.1 Å². The summed E-state index contributed by atoms with van der Waals surface area (Å²) in [4.78, 5) is 24.1. The molecule has 0 aliphatic heterocycles. The number of amides is 2. The van der Waals surface area contributed by atoms with Crippen LogP contribution in [0.4, 0.5) is 5.69 Å². The summed E-state index contributed by atoms with van der Waals surface area (Å²) >= 11 is 0. The number of nitrogens with one attached hydrogen (secondary N) is 1. The van der Waals surface area contributed by atoms with Crippen LogP contribution < -0.4 is 15.8 Å². The standard InChI is InChI=1S/C18H17N3O3/c1-18(11-19,12-6-4-3-5-7-12)17(23)21-13-8-9-15(24-2)14(10-13)16(20)22/h3-10H,1-2H3,(H2,20,22)(H,21,23). The second-order valence-corrected chi connectivity index (χ2v) is 5.34. The fourth-order valence-corrected chi connectivity index (χ4v) is 2.25. The quantitative estimate of drug-likeness (QED) is 0.880. The maximum Gasteiger partial charge on any atom is 0.252 e. The first kappa shape index (κ1) is 17.0. The third-order valence-corrected chi connectivity index (χ3v) is 3.75. The topological polar surface area (TPSA) is 105 Å². The molecule has 0 heterocycles. The molecule has 0 radical (unpaired) electrons. The predicted octanol–water partition coefficient (Wildman–Crippen LogP) is 2.21. The van der Waals surface area contributed by atoms with Gasteiger partial charge in [0.15, 0.2) is 5.41 Å². The molecule has 122 valence electrons. The highest BCUT2D eigenvalue weighted by molar-refractivity contribution is 6.03. The summed E-state index contributed by atoms with van der Waals surface area (Å²) < 4.78 is 5.06. The van der Waals surface area contributed by atoms with Gasteiger partial charge in [0, 0.05) is 5.69 Å². The number of hydrogen-bond acceptors (Lipinski definition) is 4. The van der Waals surface area contributed by atoms with Crippen molar-refractivity contribution >= 4 is 17.5 Å². The van der Waals surface area contributed by atoms with Crippen LogP contribution in [0.1, 0.15) is 22.8 Å². The molecule has 6 nitrogen and oxygen atoms in total. The van der Waals surface area contributed by atoms with Crippen molar-refractivity contribution in [2.24, 2.45) is 5.73 Å². The number of benzene rings is 2. The van der Waals surface area contributed by atoms with Gasteiger partial charge in [-0.2, -0.15) is 5.26 Å². The van der Waals surface area contributed by atoms with E-state index in [0.29, 0.717) is 17.0 Å². The number of nitriles is 1. The fraction of sp³-hybridized carbons (Fsp3) is 0.167. The summed E-state index contributed by atoms with van der Waals surface area (Å²) in [5, 5.41) is 12.2. The van der Waals surface area contributed by atoms with Crippen LogP contribution in [0, 0.1) is 11.3 Å². The largest absolute Gasteiger partial charge is 0.496 e. The van der Waals surface area contributed by atoms with Crippen molar-refractivity contribution in [2.75, 3.05) is 12.4 Å². The Morgan fingerprint density at radius 3 is 2.42 bits per heavy atom. The van der Waals surface area contributed by atoms with E-state index < -0.39 is 17.2 Å². The lowest BCUT2D eigenvalue weighted by molar-refractivity contribution is -0.119. The zero-order valence-electron chi connectivity index (χ0n) is 13.4. The van der Waals surface area contributed by atoms with Crippen molar-refractivity contribution in [3.8, 4) is 11.8 Å². The second-order valence-electron chi connectivity index (χ2n) is 5.34. The Hall–Kier alpha value is -3.33. The molecule has 2 rings (SSSR count). The van der Waals surface area contributed by atoms with Crippen molar-refractivity contribution in [3.63, 3.8) is 0 Å². The molecule has 0 fully saturated rings. The van der Waals surface area contributed by atoms with Gasteiger partial charge in [0.2, 0.25) is 5.91 Å². The van der Waals surface area contributed by atoms with Crippen molar-refractivity contribution in [1.82, 2.24) is 0 Å². The number of nitrogens with two attached hydrogens (primary N) is 1. The monoisotopic (exact) mass is 323 g/mol. The minimum atomic E-state index is -1.37. The van der Waals surface area contributed by atoms with Crippen molar-refractivity contribution in [2.45, 2.75) is 12.3 Å². The number of ether oxygens (including phenoxy) is 1. The summed E-state index contributed by atoms with van der Waals surface area (Å²) in [5.74, 6) is -0.863. The Bertz CT molecular complexity index is 812. The molecule has 6 heteroatoms. The molecule has 0 aromatic heterocycles. The molecular formula is C18H17N3O3. The SMILES string of the molecule is COc1ccc(NC(=O)C(C)(C#N)c2ccccc2)cc1C(N)=O. The highest BCUT2D eigenvalue weighted by atomic mass is 16.5. The molecule has 0 saturated heterocycles. The molecule has 0 aliphatic rings. The minimum Gasteiger partial charge on any atom is -0.496 e. The molecule has 0 aliphatic carbocycles. The number of primary amides is 1. The van der Waals surface area contributed by atoms with Gasteiger partial charge in [-0.1, -0.05) is 30.3 Å². The van der Waals surface area contributed by atoms with Crippen LogP contribution in [0.3, 0.4) is 0 Å². The average molecular weight is 323 g/mol. The van der Waals surface area contributed by atoms with E-state index in [-0.39, 0.29) is 5.56 Å². The molecular weight excluding hydrogens is 306 g/mol. The number of carbonyl (C=O) groups is 2. The lowest BCUT2D eigenvalue weighted by atomic mass is 9.83. The lowest BCUT2D eigenvalue weighted by Crippen LogP contribution is -2.36. The molecule has 1 atom stereocenters. The van der Waals surface area contributed by atoms with E-state index in [9.17, 15) is 14.9 Å². The van der Waals surface area contributed by atoms with Gasteiger partial charge in [0.1, 0.15) is 5.75 Å². The molecule has 0 bridgehead atoms. The Balaban J connectivity index is 2.34. The zero-order valence-corrected chi connectivity index (χ0v) is 13.4. The first-order valence-electron chi connectivity index (χ1n) is 7.18. The number of hydrogen-bond donors (Lipinski definition) is 2. The maximum absolute atomic E-state index is 12.6. The van der Waals surface area contributed by atoms with Crippen LogP contribution >= 0.6 is 0 Å². The normalized spacial score (nSPS) is 12.5. The summed E-state index contributed by atoms with van der Waals surface area (Å²) in [6, 6.07) is 15.3. The minimum absolute atomic E-state index is 0.147. The summed E-state index contributed by atoms with van der Waals surface area (Å²) in [7, 11) is 1.42. The third-order valence-electron chi connectivity index (χ3n) is 3.75. The molecule has 24 heavy (non-hydrogen) atoms. The predicted molar refractivity (Wildman–Crippen MR) is 89.5 cm³/mol. The number of rotatable bonds is 5. The van der Waals surface area contributed by atoms with Crippen LogP contribution in [0.25, 0.3) is 0 Å². The van der Waals surface area contributed by atoms with E-state index >= 15 is 0 Å². The summed E-state index contributed by atoms with van der Waals surface area (Å²) in [5.41, 5.74) is 5.02. The molecule has 2 aromatic carbocycles. The second kappa shape index (κ2) is 6.84. The van der Waals surface area contributed by atoms with E-state index in [2.05, 4.69) is 5.32 Å². The van der Waals surface area contributed by atoms with Gasteiger partial charge in [-0.15, -0.1) is 0 Å². The molecule has 0 saturated carbocycles. The lowest BCUT2D eigenvalue weighted by Gasteiger charge is -2.21. The Kier molecular flexibility index (Phi) is 4.85. The van der Waals surface area contributed by atoms with E-state index in [1.165, 1.54) is 26.2 Å². The van der Waals surface area contributed by atoms with Gasteiger partial charge in [0.25, 0.3) is 5.91 Å². The van der Waals surface area contributed by atoms with Crippen molar-refractivity contribution in [3.05, 3.63) is 59.7 Å². The van der Waals surface area contributed by atoms with Crippen molar-refractivity contribution < 1.29 is 14.3 Å². The van der Waals surface area contributed by atoms with Crippen LogP contribution in [-0.4, -0.2) is 18.9 Å². The van der Waals surface area contributed by atoms with E-state index in [4.69, 9.17) is 10.5 Å². The molecule has 2 aromatic rings.